The largest absolute Gasteiger partial charge is 0.496 e. The summed E-state index contributed by atoms with van der Waals surface area (Å²) in [5.74, 6) is 1.47. The molecule has 0 atom stereocenters. The van der Waals surface area contributed by atoms with E-state index < -0.39 is 0 Å². The van der Waals surface area contributed by atoms with Crippen LogP contribution in [0.25, 0.3) is 0 Å². The van der Waals surface area contributed by atoms with Crippen LogP contribution in [0, 0.1) is 0 Å². The minimum atomic E-state index is 0.369. The molecule has 2 aromatic rings. The lowest BCUT2D eigenvalue weighted by atomic mass is 10.2. The smallest absolute Gasteiger partial charge is 0.125 e. The van der Waals surface area contributed by atoms with E-state index in [0.29, 0.717) is 16.6 Å². The zero-order valence-electron chi connectivity index (χ0n) is 10.9. The van der Waals surface area contributed by atoms with Gasteiger partial charge in [-0.25, -0.2) is 0 Å². The van der Waals surface area contributed by atoms with E-state index in [4.69, 9.17) is 39.0 Å². The van der Waals surface area contributed by atoms with E-state index in [1.165, 1.54) is 0 Å². The summed E-state index contributed by atoms with van der Waals surface area (Å²) in [5.41, 5.74) is 7.24. The molecule has 104 valence electrons. The predicted molar refractivity (Wildman–Crippen MR) is 84.7 cm³/mol. The lowest BCUT2D eigenvalue weighted by molar-refractivity contribution is 0.296. The molecule has 0 fully saturated rings. The molecule has 0 saturated carbocycles. The highest BCUT2D eigenvalue weighted by atomic mass is 35.5. The predicted octanol–water partition coefficient (Wildman–Crippen LogP) is 3.56. The van der Waals surface area contributed by atoms with Crippen molar-refractivity contribution in [3.63, 3.8) is 0 Å². The first-order valence-electron chi connectivity index (χ1n) is 5.95. The zero-order chi connectivity index (χ0) is 14.5. The van der Waals surface area contributed by atoms with E-state index in [1.807, 2.05) is 36.4 Å². The monoisotopic (exact) mass is 307 g/mol. The van der Waals surface area contributed by atoms with E-state index in [0.717, 1.165) is 22.6 Å². The third kappa shape index (κ3) is 3.62. The highest BCUT2D eigenvalue weighted by Gasteiger charge is 2.05. The van der Waals surface area contributed by atoms with Gasteiger partial charge in [-0.2, -0.15) is 0 Å². The molecular weight excluding hydrogens is 294 g/mol. The second-order valence-corrected chi connectivity index (χ2v) is 5.01. The molecule has 0 radical (unpaired) electrons. The summed E-state index contributed by atoms with van der Waals surface area (Å²) in [6.45, 7) is 0.371. The summed E-state index contributed by atoms with van der Waals surface area (Å²) in [6.07, 6.45) is 0. The SMILES string of the molecule is COc1ccc(Cl)cc1COc1ccc(C(N)=S)cc1. The standard InChI is InChI=1S/C15H14ClNO2S/c1-18-14-7-4-12(16)8-11(14)9-19-13-5-2-10(3-6-13)15(17)20/h2-8H,9H2,1H3,(H2,17,20). The molecule has 2 aromatic carbocycles. The average Bonchev–Trinajstić information content (AvgIpc) is 2.45. The van der Waals surface area contributed by atoms with Gasteiger partial charge in [-0.3, -0.25) is 0 Å². The van der Waals surface area contributed by atoms with Crippen LogP contribution < -0.4 is 15.2 Å². The highest BCUT2D eigenvalue weighted by molar-refractivity contribution is 7.80. The normalized spacial score (nSPS) is 10.1. The summed E-state index contributed by atoms with van der Waals surface area (Å²) in [6, 6.07) is 12.7. The van der Waals surface area contributed by atoms with E-state index in [-0.39, 0.29) is 0 Å². The van der Waals surface area contributed by atoms with Crippen LogP contribution in [-0.2, 0) is 6.61 Å². The average molecular weight is 308 g/mol. The lowest BCUT2D eigenvalue weighted by Gasteiger charge is -2.11. The summed E-state index contributed by atoms with van der Waals surface area (Å²) < 4.78 is 11.0. The first kappa shape index (κ1) is 14.6. The van der Waals surface area contributed by atoms with Crippen molar-refractivity contribution < 1.29 is 9.47 Å². The van der Waals surface area contributed by atoms with Crippen molar-refractivity contribution >= 4 is 28.8 Å². The zero-order valence-corrected chi connectivity index (χ0v) is 12.5. The van der Waals surface area contributed by atoms with Crippen LogP contribution in [-0.4, -0.2) is 12.1 Å². The van der Waals surface area contributed by atoms with Gasteiger partial charge in [-0.15, -0.1) is 0 Å². The molecule has 0 aliphatic carbocycles. The highest BCUT2D eigenvalue weighted by Crippen LogP contribution is 2.24. The topological polar surface area (TPSA) is 44.5 Å². The van der Waals surface area contributed by atoms with Gasteiger partial charge in [-0.05, 0) is 42.5 Å². The summed E-state index contributed by atoms with van der Waals surface area (Å²) in [7, 11) is 1.61. The minimum absolute atomic E-state index is 0.369. The maximum atomic E-state index is 5.97. The fourth-order valence-corrected chi connectivity index (χ4v) is 2.07. The van der Waals surface area contributed by atoms with Gasteiger partial charge in [0.2, 0.25) is 0 Å². The number of ether oxygens (including phenoxy) is 2. The lowest BCUT2D eigenvalue weighted by Crippen LogP contribution is -2.08. The minimum Gasteiger partial charge on any atom is -0.496 e. The van der Waals surface area contributed by atoms with Crippen LogP contribution in [0.15, 0.2) is 42.5 Å². The Morgan fingerprint density at radius 2 is 1.90 bits per heavy atom. The molecule has 2 rings (SSSR count). The Balaban J connectivity index is 2.08. The van der Waals surface area contributed by atoms with Gasteiger partial charge in [0.05, 0.1) is 7.11 Å². The van der Waals surface area contributed by atoms with Crippen molar-refractivity contribution in [2.75, 3.05) is 7.11 Å². The summed E-state index contributed by atoms with van der Waals surface area (Å²) >= 11 is 10.9. The van der Waals surface area contributed by atoms with Gasteiger partial charge >= 0.3 is 0 Å². The number of hydrogen-bond acceptors (Lipinski definition) is 3. The molecule has 2 N–H and O–H groups in total. The molecule has 0 spiro atoms. The third-order valence-electron chi connectivity index (χ3n) is 2.78. The first-order chi connectivity index (χ1) is 9.60. The molecule has 0 aromatic heterocycles. The summed E-state index contributed by atoms with van der Waals surface area (Å²) in [5, 5.41) is 0.647. The van der Waals surface area contributed by atoms with E-state index in [2.05, 4.69) is 0 Å². The molecule has 0 aliphatic heterocycles. The molecule has 5 heteroatoms. The first-order valence-corrected chi connectivity index (χ1v) is 6.74. The van der Waals surface area contributed by atoms with Crippen molar-refractivity contribution in [1.29, 1.82) is 0 Å². The van der Waals surface area contributed by atoms with Gasteiger partial charge < -0.3 is 15.2 Å². The Morgan fingerprint density at radius 3 is 2.50 bits per heavy atom. The van der Waals surface area contributed by atoms with Crippen LogP contribution in [0.1, 0.15) is 11.1 Å². The maximum absolute atomic E-state index is 5.97. The fourth-order valence-electron chi connectivity index (χ4n) is 1.74. The molecule has 0 heterocycles. The van der Waals surface area contributed by atoms with Crippen molar-refractivity contribution in [1.82, 2.24) is 0 Å². The Hall–Kier alpha value is -1.78. The Labute approximate surface area is 128 Å². The van der Waals surface area contributed by atoms with Crippen LogP contribution in [0.3, 0.4) is 0 Å². The molecule has 20 heavy (non-hydrogen) atoms. The molecule has 3 nitrogen and oxygen atoms in total. The van der Waals surface area contributed by atoms with Crippen molar-refractivity contribution in [3.05, 3.63) is 58.6 Å². The molecular formula is C15H14ClNO2S. The van der Waals surface area contributed by atoms with E-state index in [1.54, 1.807) is 13.2 Å². The van der Waals surface area contributed by atoms with Crippen molar-refractivity contribution in [2.24, 2.45) is 5.73 Å². The maximum Gasteiger partial charge on any atom is 0.125 e. The molecule has 0 unspecified atom stereocenters. The molecule has 0 saturated heterocycles. The quantitative estimate of drug-likeness (QED) is 0.858. The Morgan fingerprint density at radius 1 is 1.20 bits per heavy atom. The molecule has 0 amide bonds. The number of hydrogen-bond donors (Lipinski definition) is 1. The number of rotatable bonds is 5. The van der Waals surface area contributed by atoms with Gasteiger partial charge in [0, 0.05) is 16.1 Å². The Bertz CT molecular complexity index is 614. The van der Waals surface area contributed by atoms with Gasteiger partial charge in [-0.1, -0.05) is 23.8 Å². The van der Waals surface area contributed by atoms with E-state index >= 15 is 0 Å². The van der Waals surface area contributed by atoms with Crippen LogP contribution in [0.4, 0.5) is 0 Å². The van der Waals surface area contributed by atoms with Gasteiger partial charge in [0.25, 0.3) is 0 Å². The number of halogens is 1. The number of methoxy groups -OCH3 is 1. The fraction of sp³-hybridized carbons (Fsp3) is 0.133. The van der Waals surface area contributed by atoms with Gasteiger partial charge in [0.15, 0.2) is 0 Å². The van der Waals surface area contributed by atoms with Crippen molar-refractivity contribution in [2.45, 2.75) is 6.61 Å². The second kappa shape index (κ2) is 6.59. The third-order valence-corrected chi connectivity index (χ3v) is 3.25. The van der Waals surface area contributed by atoms with E-state index in [9.17, 15) is 0 Å². The van der Waals surface area contributed by atoms with Crippen molar-refractivity contribution in [3.8, 4) is 11.5 Å². The second-order valence-electron chi connectivity index (χ2n) is 4.13. The Kier molecular flexibility index (Phi) is 4.82. The number of thiocarbonyl (C=S) groups is 1. The number of benzene rings is 2. The van der Waals surface area contributed by atoms with Crippen LogP contribution in [0.5, 0.6) is 11.5 Å². The van der Waals surface area contributed by atoms with Crippen LogP contribution in [0.2, 0.25) is 5.02 Å². The number of nitrogens with two attached hydrogens (primary N) is 1. The molecule has 0 aliphatic rings. The molecule has 0 bridgehead atoms. The van der Waals surface area contributed by atoms with Gasteiger partial charge in [0.1, 0.15) is 23.1 Å². The van der Waals surface area contributed by atoms with Crippen LogP contribution >= 0.6 is 23.8 Å². The summed E-state index contributed by atoms with van der Waals surface area (Å²) in [4.78, 5) is 0.369.